The molecule has 1 saturated heterocycles. The normalized spacial score (nSPS) is 22.8. The summed E-state index contributed by atoms with van der Waals surface area (Å²) >= 11 is 0. The number of rotatable bonds is 7. The summed E-state index contributed by atoms with van der Waals surface area (Å²) in [5.41, 5.74) is 10.3. The lowest BCUT2D eigenvalue weighted by Gasteiger charge is -2.42. The maximum absolute atomic E-state index is 13.1. The summed E-state index contributed by atoms with van der Waals surface area (Å²) in [6, 6.07) is 13.3. The minimum atomic E-state index is -0.817. The molecule has 6 nitrogen and oxygen atoms in total. The minimum Gasteiger partial charge on any atom is -0.481 e. The molecule has 6 heteroatoms. The summed E-state index contributed by atoms with van der Waals surface area (Å²) in [5.74, 6) is -0.944. The van der Waals surface area contributed by atoms with Crippen LogP contribution in [0.25, 0.3) is 0 Å². The molecule has 0 radical (unpaired) electrons. The molecular formula is C27H33N3O3. The molecule has 4 rings (SSSR count). The standard InChI is InChI=1S/C27H33N3O3/c1-2-27(28)23(17-25(31)32)12-10-21-16-22(11-13-24(21)27)26(33)20-8-6-19(7-9-20)18-29-30-14-4-3-5-15-30/h6-9,11,13,16,18,23H,2-5,10,12,14-15,17,28H2,1H3,(H,31,32). The quantitative estimate of drug-likeness (QED) is 0.486. The number of carboxylic acids is 1. The Balaban J connectivity index is 1.50. The smallest absolute Gasteiger partial charge is 0.303 e. The lowest BCUT2D eigenvalue weighted by molar-refractivity contribution is -0.139. The van der Waals surface area contributed by atoms with E-state index in [1.165, 1.54) is 19.3 Å². The molecule has 0 spiro atoms. The Labute approximate surface area is 195 Å². The summed E-state index contributed by atoms with van der Waals surface area (Å²) in [4.78, 5) is 24.5. The molecule has 0 amide bonds. The maximum Gasteiger partial charge on any atom is 0.303 e. The van der Waals surface area contributed by atoms with E-state index >= 15 is 0 Å². The van der Waals surface area contributed by atoms with Crippen LogP contribution >= 0.6 is 0 Å². The van der Waals surface area contributed by atoms with Crippen molar-refractivity contribution in [2.75, 3.05) is 13.1 Å². The number of fused-ring (bicyclic) bond motifs is 1. The van der Waals surface area contributed by atoms with Crippen LogP contribution in [-0.2, 0) is 16.8 Å². The molecule has 0 aromatic heterocycles. The van der Waals surface area contributed by atoms with Gasteiger partial charge in [-0.2, -0.15) is 5.10 Å². The number of piperidine rings is 1. The molecule has 2 unspecified atom stereocenters. The fourth-order valence-corrected chi connectivity index (χ4v) is 5.21. The highest BCUT2D eigenvalue weighted by atomic mass is 16.4. The first-order chi connectivity index (χ1) is 15.9. The fraction of sp³-hybridized carbons (Fsp3) is 0.444. The second-order valence-electron chi connectivity index (χ2n) is 9.31. The van der Waals surface area contributed by atoms with E-state index in [2.05, 4.69) is 10.1 Å². The van der Waals surface area contributed by atoms with Crippen molar-refractivity contribution in [2.24, 2.45) is 16.8 Å². The van der Waals surface area contributed by atoms with Crippen LogP contribution in [0.1, 0.15) is 78.1 Å². The summed E-state index contributed by atoms with van der Waals surface area (Å²) in [7, 11) is 0. The van der Waals surface area contributed by atoms with Gasteiger partial charge in [-0.25, -0.2) is 0 Å². The topological polar surface area (TPSA) is 96.0 Å². The summed E-state index contributed by atoms with van der Waals surface area (Å²) < 4.78 is 0. The van der Waals surface area contributed by atoms with Crippen LogP contribution in [-0.4, -0.2) is 41.2 Å². The van der Waals surface area contributed by atoms with Gasteiger partial charge in [0, 0.05) is 29.8 Å². The Morgan fingerprint density at radius 3 is 2.48 bits per heavy atom. The van der Waals surface area contributed by atoms with Crippen molar-refractivity contribution >= 4 is 18.0 Å². The van der Waals surface area contributed by atoms with Gasteiger partial charge in [0.1, 0.15) is 0 Å². The summed E-state index contributed by atoms with van der Waals surface area (Å²) in [5, 5.41) is 15.9. The van der Waals surface area contributed by atoms with E-state index in [9.17, 15) is 14.7 Å². The first kappa shape index (κ1) is 23.2. The number of ketones is 1. The number of nitrogens with zero attached hydrogens (tertiary/aromatic N) is 2. The Hall–Kier alpha value is -2.99. The van der Waals surface area contributed by atoms with Crippen LogP contribution in [0, 0.1) is 5.92 Å². The van der Waals surface area contributed by atoms with Crippen molar-refractivity contribution in [2.45, 2.75) is 57.4 Å². The molecule has 2 aromatic carbocycles. The first-order valence-electron chi connectivity index (χ1n) is 12.0. The average Bonchev–Trinajstić information content (AvgIpc) is 2.84. The molecule has 174 valence electrons. The number of nitrogens with two attached hydrogens (primary N) is 1. The van der Waals surface area contributed by atoms with Crippen molar-refractivity contribution in [3.8, 4) is 0 Å². The molecule has 33 heavy (non-hydrogen) atoms. The molecule has 2 aliphatic rings. The zero-order valence-electron chi connectivity index (χ0n) is 19.3. The van der Waals surface area contributed by atoms with E-state index < -0.39 is 11.5 Å². The van der Waals surface area contributed by atoms with Gasteiger partial charge in [0.25, 0.3) is 0 Å². The van der Waals surface area contributed by atoms with Crippen molar-refractivity contribution in [1.29, 1.82) is 0 Å². The van der Waals surface area contributed by atoms with Crippen molar-refractivity contribution in [1.82, 2.24) is 5.01 Å². The van der Waals surface area contributed by atoms with Gasteiger partial charge in [0.15, 0.2) is 5.78 Å². The van der Waals surface area contributed by atoms with Crippen LogP contribution < -0.4 is 5.73 Å². The summed E-state index contributed by atoms with van der Waals surface area (Å²) in [6.07, 6.45) is 7.69. The first-order valence-corrected chi connectivity index (χ1v) is 12.0. The van der Waals surface area contributed by atoms with E-state index in [0.717, 1.165) is 36.2 Å². The number of aliphatic carboxylic acids is 1. The molecule has 1 heterocycles. The monoisotopic (exact) mass is 447 g/mol. The van der Waals surface area contributed by atoms with E-state index in [-0.39, 0.29) is 18.1 Å². The zero-order chi connectivity index (χ0) is 23.4. The molecule has 0 saturated carbocycles. The van der Waals surface area contributed by atoms with Crippen LogP contribution in [0.3, 0.4) is 0 Å². The Kier molecular flexibility index (Phi) is 6.94. The second-order valence-corrected chi connectivity index (χ2v) is 9.31. The Morgan fingerprint density at radius 2 is 1.82 bits per heavy atom. The largest absolute Gasteiger partial charge is 0.481 e. The van der Waals surface area contributed by atoms with Gasteiger partial charge in [0.2, 0.25) is 0 Å². The third-order valence-electron chi connectivity index (χ3n) is 7.24. The molecule has 1 aliphatic heterocycles. The van der Waals surface area contributed by atoms with Gasteiger partial charge in [-0.3, -0.25) is 14.6 Å². The highest BCUT2D eigenvalue weighted by molar-refractivity contribution is 6.09. The number of carbonyl (C=O) groups is 2. The molecule has 3 N–H and O–H groups in total. The van der Waals surface area contributed by atoms with Gasteiger partial charge < -0.3 is 10.8 Å². The lowest BCUT2D eigenvalue weighted by Crippen LogP contribution is -2.47. The minimum absolute atomic E-state index is 0.0240. The summed E-state index contributed by atoms with van der Waals surface area (Å²) in [6.45, 7) is 4.01. The third kappa shape index (κ3) is 5.01. The molecular weight excluding hydrogens is 414 g/mol. The Morgan fingerprint density at radius 1 is 1.12 bits per heavy atom. The zero-order valence-corrected chi connectivity index (χ0v) is 19.3. The number of hydrazone groups is 1. The predicted octanol–water partition coefficient (Wildman–Crippen LogP) is 4.34. The molecule has 1 fully saturated rings. The van der Waals surface area contributed by atoms with Crippen LogP contribution in [0.15, 0.2) is 47.6 Å². The van der Waals surface area contributed by atoms with Crippen molar-refractivity contribution in [3.05, 3.63) is 70.3 Å². The van der Waals surface area contributed by atoms with Gasteiger partial charge >= 0.3 is 5.97 Å². The highest BCUT2D eigenvalue weighted by Gasteiger charge is 2.40. The van der Waals surface area contributed by atoms with Crippen LogP contribution in [0.4, 0.5) is 0 Å². The lowest BCUT2D eigenvalue weighted by atomic mass is 9.67. The molecule has 2 atom stereocenters. The number of benzene rings is 2. The number of carbonyl (C=O) groups excluding carboxylic acids is 1. The number of carboxylic acid groups (broad SMARTS) is 1. The highest BCUT2D eigenvalue weighted by Crippen LogP contribution is 2.42. The van der Waals surface area contributed by atoms with E-state index in [0.29, 0.717) is 24.0 Å². The average molecular weight is 448 g/mol. The number of aryl methyl sites for hydroxylation is 1. The van der Waals surface area contributed by atoms with Gasteiger partial charge in [-0.1, -0.05) is 43.3 Å². The van der Waals surface area contributed by atoms with Gasteiger partial charge in [-0.15, -0.1) is 0 Å². The SMILES string of the molecule is CCC1(N)c2ccc(C(=O)c3ccc(C=NN4CCCCC4)cc3)cc2CCC1CC(=O)O. The van der Waals surface area contributed by atoms with E-state index in [1.54, 1.807) is 0 Å². The van der Waals surface area contributed by atoms with Gasteiger partial charge in [0.05, 0.1) is 12.6 Å². The Bertz CT molecular complexity index is 1040. The molecule has 2 aromatic rings. The number of hydrogen-bond donors (Lipinski definition) is 2. The molecule has 1 aliphatic carbocycles. The van der Waals surface area contributed by atoms with E-state index in [4.69, 9.17) is 5.73 Å². The number of hydrogen-bond acceptors (Lipinski definition) is 5. The van der Waals surface area contributed by atoms with Crippen LogP contribution in [0.5, 0.6) is 0 Å². The van der Waals surface area contributed by atoms with E-state index in [1.807, 2.05) is 55.6 Å². The van der Waals surface area contributed by atoms with Crippen molar-refractivity contribution in [3.63, 3.8) is 0 Å². The van der Waals surface area contributed by atoms with Gasteiger partial charge in [-0.05, 0) is 67.2 Å². The third-order valence-corrected chi connectivity index (χ3v) is 7.24. The second kappa shape index (κ2) is 9.87. The molecule has 0 bridgehead atoms. The fourth-order valence-electron chi connectivity index (χ4n) is 5.21. The predicted molar refractivity (Wildman–Crippen MR) is 130 cm³/mol. The van der Waals surface area contributed by atoms with Crippen molar-refractivity contribution < 1.29 is 14.7 Å². The maximum atomic E-state index is 13.1. The van der Waals surface area contributed by atoms with Crippen LogP contribution in [0.2, 0.25) is 0 Å².